The Morgan fingerprint density at radius 2 is 1.90 bits per heavy atom. The number of carbonyl (C=O) groups is 1. The van der Waals surface area contributed by atoms with Crippen LogP contribution in [0.3, 0.4) is 0 Å². The van der Waals surface area contributed by atoms with Crippen LogP contribution in [0.15, 0.2) is 17.5 Å². The van der Waals surface area contributed by atoms with Crippen molar-refractivity contribution in [1.82, 2.24) is 0 Å². The van der Waals surface area contributed by atoms with Crippen LogP contribution in [-0.2, 0) is 11.2 Å². The van der Waals surface area contributed by atoms with Crippen LogP contribution in [0.4, 0.5) is 0 Å². The minimum Gasteiger partial charge on any atom is -0.299 e. The Hall–Kier alpha value is -0.630. The van der Waals surface area contributed by atoms with Gasteiger partial charge < -0.3 is 0 Å². The molecule has 5 rings (SSSR count). The fraction of sp³-hybridized carbons (Fsp3) is 0.737. The van der Waals surface area contributed by atoms with Crippen molar-refractivity contribution < 1.29 is 4.79 Å². The first kappa shape index (κ1) is 14.0. The van der Waals surface area contributed by atoms with Crippen LogP contribution in [-0.4, -0.2) is 5.78 Å². The summed E-state index contributed by atoms with van der Waals surface area (Å²) in [6, 6.07) is 4.16. The monoisotopic (exact) mass is 302 g/mol. The van der Waals surface area contributed by atoms with E-state index in [0.717, 1.165) is 12.3 Å². The van der Waals surface area contributed by atoms with E-state index in [1.54, 1.807) is 11.3 Å². The van der Waals surface area contributed by atoms with Crippen molar-refractivity contribution in [2.75, 3.05) is 0 Å². The first-order chi connectivity index (χ1) is 9.88. The van der Waals surface area contributed by atoms with E-state index in [0.29, 0.717) is 28.4 Å². The van der Waals surface area contributed by atoms with Gasteiger partial charge in [0, 0.05) is 17.7 Å². The summed E-state index contributed by atoms with van der Waals surface area (Å²) in [7, 11) is 0. The molecular formula is C19H26OS. The smallest absolute Gasteiger partial charge is 0.138 e. The summed E-state index contributed by atoms with van der Waals surface area (Å²) in [5, 5.41) is 2.08. The first-order valence-electron chi connectivity index (χ1n) is 8.42. The number of ketones is 1. The maximum Gasteiger partial charge on any atom is 0.138 e. The zero-order chi connectivity index (χ0) is 14.7. The predicted molar refractivity (Wildman–Crippen MR) is 87.5 cm³/mol. The molecule has 0 amide bonds. The van der Waals surface area contributed by atoms with Crippen molar-refractivity contribution in [3.63, 3.8) is 0 Å². The van der Waals surface area contributed by atoms with Crippen molar-refractivity contribution in [1.29, 1.82) is 0 Å². The van der Waals surface area contributed by atoms with Gasteiger partial charge in [-0.1, -0.05) is 19.9 Å². The van der Waals surface area contributed by atoms with E-state index in [4.69, 9.17) is 0 Å². The van der Waals surface area contributed by atoms with Gasteiger partial charge in [-0.05, 0) is 72.1 Å². The normalized spacial score (nSPS) is 44.2. The second-order valence-electron chi connectivity index (χ2n) is 9.10. The van der Waals surface area contributed by atoms with Gasteiger partial charge in [0.2, 0.25) is 0 Å². The molecule has 0 aromatic carbocycles. The lowest BCUT2D eigenvalue weighted by Crippen LogP contribution is -2.55. The first-order valence-corrected chi connectivity index (χ1v) is 9.30. The molecule has 0 saturated heterocycles. The molecule has 2 heteroatoms. The van der Waals surface area contributed by atoms with E-state index >= 15 is 0 Å². The van der Waals surface area contributed by atoms with E-state index < -0.39 is 0 Å². The van der Waals surface area contributed by atoms with E-state index in [2.05, 4.69) is 31.4 Å². The minimum atomic E-state index is 0.345. The molecule has 2 unspecified atom stereocenters. The van der Waals surface area contributed by atoms with Crippen LogP contribution in [0.5, 0.6) is 0 Å². The van der Waals surface area contributed by atoms with Crippen LogP contribution < -0.4 is 0 Å². The topological polar surface area (TPSA) is 17.1 Å². The maximum atomic E-state index is 12.6. The SMILES string of the molecule is CC12CC3CC(C)(C1)CC(CC(=O)Cc1cccs1)(C3)C2. The lowest BCUT2D eigenvalue weighted by molar-refractivity contribution is -0.154. The Morgan fingerprint density at radius 3 is 2.48 bits per heavy atom. The molecule has 0 aliphatic heterocycles. The number of rotatable bonds is 4. The highest BCUT2D eigenvalue weighted by molar-refractivity contribution is 7.10. The Labute approximate surface area is 132 Å². The molecule has 21 heavy (non-hydrogen) atoms. The van der Waals surface area contributed by atoms with Gasteiger partial charge in [-0.15, -0.1) is 11.3 Å². The highest BCUT2D eigenvalue weighted by atomic mass is 32.1. The van der Waals surface area contributed by atoms with Crippen molar-refractivity contribution in [3.8, 4) is 0 Å². The molecule has 2 atom stereocenters. The predicted octanol–water partition coefficient (Wildman–Crippen LogP) is 5.25. The minimum absolute atomic E-state index is 0.345. The van der Waals surface area contributed by atoms with Gasteiger partial charge in [0.15, 0.2) is 0 Å². The van der Waals surface area contributed by atoms with Gasteiger partial charge >= 0.3 is 0 Å². The summed E-state index contributed by atoms with van der Waals surface area (Å²) in [5.41, 5.74) is 1.39. The molecule has 114 valence electrons. The van der Waals surface area contributed by atoms with Crippen molar-refractivity contribution >= 4 is 17.1 Å². The van der Waals surface area contributed by atoms with E-state index in [1.807, 2.05) is 0 Å². The van der Waals surface area contributed by atoms with E-state index in [-0.39, 0.29) is 0 Å². The Balaban J connectivity index is 1.53. The van der Waals surface area contributed by atoms with E-state index in [1.165, 1.54) is 43.4 Å². The molecule has 0 radical (unpaired) electrons. The number of hydrogen-bond donors (Lipinski definition) is 0. The quantitative estimate of drug-likeness (QED) is 0.742. The van der Waals surface area contributed by atoms with Gasteiger partial charge in [-0.25, -0.2) is 0 Å². The van der Waals surface area contributed by atoms with Gasteiger partial charge in [-0.2, -0.15) is 0 Å². The van der Waals surface area contributed by atoms with Crippen molar-refractivity contribution in [3.05, 3.63) is 22.4 Å². The highest BCUT2D eigenvalue weighted by Crippen LogP contribution is 2.70. The number of hydrogen-bond acceptors (Lipinski definition) is 2. The molecule has 4 saturated carbocycles. The molecule has 1 heterocycles. The highest BCUT2D eigenvalue weighted by Gasteiger charge is 2.60. The fourth-order valence-electron chi connectivity index (χ4n) is 6.97. The zero-order valence-corrected chi connectivity index (χ0v) is 14.1. The average Bonchev–Trinajstić information content (AvgIpc) is 2.74. The standard InChI is InChI=1S/C19H26OS/c1-17-7-14-8-18(2,11-17)13-19(9-14,12-17)10-15(20)6-16-4-3-5-21-16/h3-5,14H,6-13H2,1-2H3. The third kappa shape index (κ3) is 2.50. The number of carbonyl (C=O) groups excluding carboxylic acids is 1. The molecule has 4 aliphatic carbocycles. The van der Waals surface area contributed by atoms with Crippen molar-refractivity contribution in [2.45, 2.75) is 65.2 Å². The number of thiophene rings is 1. The molecule has 4 bridgehead atoms. The average molecular weight is 302 g/mol. The molecular weight excluding hydrogens is 276 g/mol. The Kier molecular flexibility index (Phi) is 2.96. The summed E-state index contributed by atoms with van der Waals surface area (Å²) in [4.78, 5) is 13.8. The summed E-state index contributed by atoms with van der Waals surface area (Å²) in [5.74, 6) is 1.37. The van der Waals surface area contributed by atoms with Crippen molar-refractivity contribution in [2.24, 2.45) is 22.2 Å². The van der Waals surface area contributed by atoms with Crippen LogP contribution in [0.1, 0.15) is 63.7 Å². The third-order valence-electron chi connectivity index (χ3n) is 6.27. The summed E-state index contributed by atoms with van der Waals surface area (Å²) in [6.07, 6.45) is 9.69. The van der Waals surface area contributed by atoms with Gasteiger partial charge in [0.1, 0.15) is 5.78 Å². The van der Waals surface area contributed by atoms with Gasteiger partial charge in [0.25, 0.3) is 0 Å². The lowest BCUT2D eigenvalue weighted by atomic mass is 9.39. The second-order valence-corrected chi connectivity index (χ2v) is 10.1. The Morgan fingerprint density at radius 1 is 1.19 bits per heavy atom. The third-order valence-corrected chi connectivity index (χ3v) is 7.14. The van der Waals surface area contributed by atoms with Crippen LogP contribution in [0.25, 0.3) is 0 Å². The molecule has 0 N–H and O–H groups in total. The Bertz CT molecular complexity index is 540. The maximum absolute atomic E-state index is 12.6. The van der Waals surface area contributed by atoms with Crippen LogP contribution in [0.2, 0.25) is 0 Å². The van der Waals surface area contributed by atoms with Crippen LogP contribution in [0, 0.1) is 22.2 Å². The van der Waals surface area contributed by atoms with E-state index in [9.17, 15) is 4.79 Å². The second kappa shape index (κ2) is 4.44. The molecule has 1 aromatic heterocycles. The summed E-state index contributed by atoms with van der Waals surface area (Å²) < 4.78 is 0. The molecule has 4 aliphatic rings. The molecule has 0 spiro atoms. The largest absolute Gasteiger partial charge is 0.299 e. The summed E-state index contributed by atoms with van der Waals surface area (Å²) in [6.45, 7) is 4.99. The van der Waals surface area contributed by atoms with Crippen LogP contribution >= 0.6 is 11.3 Å². The summed E-state index contributed by atoms with van der Waals surface area (Å²) >= 11 is 1.72. The zero-order valence-electron chi connectivity index (χ0n) is 13.3. The lowest BCUT2D eigenvalue weighted by Gasteiger charge is -2.65. The number of Topliss-reactive ketones (excluding diaryl/α,β-unsaturated/α-hetero) is 1. The fourth-order valence-corrected chi connectivity index (χ4v) is 7.70. The van der Waals surface area contributed by atoms with Gasteiger partial charge in [0.05, 0.1) is 0 Å². The van der Waals surface area contributed by atoms with Gasteiger partial charge in [-0.3, -0.25) is 4.79 Å². The molecule has 1 nitrogen and oxygen atoms in total. The molecule has 4 fully saturated rings. The molecule has 1 aromatic rings.